The van der Waals surface area contributed by atoms with E-state index in [0.29, 0.717) is 11.3 Å². The molecule has 0 saturated carbocycles. The van der Waals surface area contributed by atoms with Crippen LogP contribution in [0.3, 0.4) is 0 Å². The van der Waals surface area contributed by atoms with Crippen LogP contribution < -0.4 is 21.3 Å². The van der Waals surface area contributed by atoms with E-state index in [0.717, 1.165) is 11.6 Å². The molecule has 1 aromatic heterocycles. The number of aromatic nitrogens is 2. The van der Waals surface area contributed by atoms with Crippen LogP contribution in [0.25, 0.3) is 0 Å². The van der Waals surface area contributed by atoms with E-state index in [-0.39, 0.29) is 17.6 Å². The normalized spacial score (nSPS) is 12.1. The summed E-state index contributed by atoms with van der Waals surface area (Å²) in [6.07, 6.45) is 0. The quantitative estimate of drug-likeness (QED) is 0.423. The number of aliphatic carboxylic acids is 1. The van der Waals surface area contributed by atoms with Gasteiger partial charge in [-0.15, -0.1) is 0 Å². The van der Waals surface area contributed by atoms with E-state index in [9.17, 15) is 19.5 Å². The first-order chi connectivity index (χ1) is 14.8. The van der Waals surface area contributed by atoms with E-state index in [2.05, 4.69) is 25.6 Å². The van der Waals surface area contributed by atoms with Gasteiger partial charge in [0, 0.05) is 23.2 Å². The second kappa shape index (κ2) is 9.49. The summed E-state index contributed by atoms with van der Waals surface area (Å²) in [7, 11) is 0. The van der Waals surface area contributed by atoms with Crippen molar-refractivity contribution in [3.8, 4) is 0 Å². The number of anilines is 1. The molecule has 0 fully saturated rings. The van der Waals surface area contributed by atoms with Crippen molar-refractivity contribution in [2.75, 3.05) is 5.32 Å². The molecular formula is C22H20N5O4-. The Morgan fingerprint density at radius 3 is 2.45 bits per heavy atom. The van der Waals surface area contributed by atoms with Crippen LogP contribution in [-0.4, -0.2) is 27.8 Å². The van der Waals surface area contributed by atoms with Crippen molar-refractivity contribution in [2.24, 2.45) is 4.99 Å². The van der Waals surface area contributed by atoms with Crippen molar-refractivity contribution in [1.29, 1.82) is 0 Å². The highest BCUT2D eigenvalue weighted by Crippen LogP contribution is 2.15. The number of aliphatic imine (C=N–C) groups is 1. The highest BCUT2D eigenvalue weighted by Gasteiger charge is 2.13. The molecule has 31 heavy (non-hydrogen) atoms. The Kier molecular flexibility index (Phi) is 6.56. The number of carbonyl (C=O) groups excluding carboxylic acids is 2. The van der Waals surface area contributed by atoms with E-state index in [1.54, 1.807) is 36.4 Å². The number of para-hydroxylation sites is 1. The predicted octanol–water partition coefficient (Wildman–Crippen LogP) is 1.46. The molecule has 9 nitrogen and oxygen atoms in total. The summed E-state index contributed by atoms with van der Waals surface area (Å²) in [6.45, 7) is 3.23. The molecule has 0 aliphatic carbocycles. The van der Waals surface area contributed by atoms with E-state index in [4.69, 9.17) is 0 Å². The summed E-state index contributed by atoms with van der Waals surface area (Å²) in [5, 5.41) is 16.8. The number of H-pyrrole nitrogens is 1. The first kappa shape index (κ1) is 21.4. The Balaban J connectivity index is 2.00. The predicted molar refractivity (Wildman–Crippen MR) is 114 cm³/mol. The van der Waals surface area contributed by atoms with Crippen molar-refractivity contribution >= 4 is 29.5 Å². The minimum Gasteiger partial charge on any atom is -0.549 e. The lowest BCUT2D eigenvalue weighted by atomic mass is 10.1. The van der Waals surface area contributed by atoms with E-state index < -0.39 is 23.4 Å². The minimum atomic E-state index is -1.37. The number of carboxylic acids is 1. The number of hydrogen-bond donors (Lipinski definition) is 3. The monoisotopic (exact) mass is 418 g/mol. The van der Waals surface area contributed by atoms with Gasteiger partial charge in [0.15, 0.2) is 0 Å². The number of nitrogens with one attached hydrogen (secondary N) is 3. The van der Waals surface area contributed by atoms with Crippen LogP contribution in [0.1, 0.15) is 34.5 Å². The SMILES string of the molecule is Cc1ccccc1N/C(=N\c1nc(C(C)C(=O)[O-])cc(=O)[nH]1)NC(=O)c1ccccc1. The molecule has 1 atom stereocenters. The van der Waals surface area contributed by atoms with E-state index in [1.165, 1.54) is 6.92 Å². The second-order valence-electron chi connectivity index (χ2n) is 6.76. The highest BCUT2D eigenvalue weighted by atomic mass is 16.4. The number of aryl methyl sites for hydroxylation is 1. The summed E-state index contributed by atoms with van der Waals surface area (Å²) < 4.78 is 0. The molecule has 0 bridgehead atoms. The summed E-state index contributed by atoms with van der Waals surface area (Å²) in [5.41, 5.74) is 1.39. The van der Waals surface area contributed by atoms with Crippen LogP contribution in [0.2, 0.25) is 0 Å². The van der Waals surface area contributed by atoms with Crippen LogP contribution in [-0.2, 0) is 4.79 Å². The Morgan fingerprint density at radius 1 is 1.10 bits per heavy atom. The number of aromatic amines is 1. The first-order valence-electron chi connectivity index (χ1n) is 9.43. The smallest absolute Gasteiger partial charge is 0.257 e. The topological polar surface area (TPSA) is 139 Å². The summed E-state index contributed by atoms with van der Waals surface area (Å²) in [4.78, 5) is 46.5. The molecule has 0 aliphatic rings. The number of rotatable bonds is 5. The Bertz CT molecular complexity index is 1190. The number of amides is 1. The largest absolute Gasteiger partial charge is 0.549 e. The summed E-state index contributed by atoms with van der Waals surface area (Å²) >= 11 is 0. The molecule has 0 spiro atoms. The second-order valence-corrected chi connectivity index (χ2v) is 6.76. The average molecular weight is 418 g/mol. The lowest BCUT2D eigenvalue weighted by Gasteiger charge is -2.14. The van der Waals surface area contributed by atoms with Gasteiger partial charge in [-0.05, 0) is 30.7 Å². The highest BCUT2D eigenvalue weighted by molar-refractivity contribution is 6.10. The molecule has 3 N–H and O–H groups in total. The molecule has 1 unspecified atom stereocenters. The maximum atomic E-state index is 12.6. The molecule has 1 amide bonds. The molecule has 0 aliphatic heterocycles. The average Bonchev–Trinajstić information content (AvgIpc) is 2.74. The molecule has 1 heterocycles. The van der Waals surface area contributed by atoms with Crippen LogP contribution >= 0.6 is 0 Å². The van der Waals surface area contributed by atoms with Crippen LogP contribution in [0.5, 0.6) is 0 Å². The maximum absolute atomic E-state index is 12.6. The zero-order valence-electron chi connectivity index (χ0n) is 16.9. The van der Waals surface area contributed by atoms with Crippen molar-refractivity contribution < 1.29 is 14.7 Å². The Hall–Kier alpha value is -4.27. The van der Waals surface area contributed by atoms with Crippen molar-refractivity contribution in [1.82, 2.24) is 15.3 Å². The summed E-state index contributed by atoms with van der Waals surface area (Å²) in [6, 6.07) is 16.9. The van der Waals surface area contributed by atoms with Gasteiger partial charge < -0.3 is 15.2 Å². The fourth-order valence-corrected chi connectivity index (χ4v) is 2.66. The number of guanidine groups is 1. The van der Waals surface area contributed by atoms with Gasteiger partial charge in [-0.25, -0.2) is 4.98 Å². The fraction of sp³-hybridized carbons (Fsp3) is 0.136. The lowest BCUT2D eigenvalue weighted by molar-refractivity contribution is -0.307. The minimum absolute atomic E-state index is 0.00422. The van der Waals surface area contributed by atoms with Gasteiger partial charge >= 0.3 is 0 Å². The van der Waals surface area contributed by atoms with Gasteiger partial charge in [-0.3, -0.25) is 19.9 Å². The van der Waals surface area contributed by atoms with Crippen molar-refractivity contribution in [3.05, 3.63) is 87.8 Å². The Labute approximate surface area is 177 Å². The van der Waals surface area contributed by atoms with Crippen molar-refractivity contribution in [2.45, 2.75) is 19.8 Å². The van der Waals surface area contributed by atoms with Gasteiger partial charge in [0.05, 0.1) is 11.7 Å². The van der Waals surface area contributed by atoms with Crippen molar-refractivity contribution in [3.63, 3.8) is 0 Å². The maximum Gasteiger partial charge on any atom is 0.257 e. The van der Waals surface area contributed by atoms with Crippen LogP contribution in [0.15, 0.2) is 70.5 Å². The third-order valence-electron chi connectivity index (χ3n) is 4.43. The molecule has 0 radical (unpaired) electrons. The van der Waals surface area contributed by atoms with E-state index >= 15 is 0 Å². The standard InChI is InChI=1S/C22H21N5O4/c1-13-8-6-7-11-16(13)23-22(26-19(29)15-9-4-3-5-10-15)27-21-24-17(12-18(28)25-21)14(2)20(30)31/h3-12,14H,1-2H3,(H,30,31)(H3,23,24,25,26,27,28,29)/p-1. The molecule has 9 heteroatoms. The molecule has 0 saturated heterocycles. The van der Waals surface area contributed by atoms with Gasteiger partial charge in [-0.1, -0.05) is 43.3 Å². The molecule has 2 aromatic carbocycles. The molecule has 158 valence electrons. The third-order valence-corrected chi connectivity index (χ3v) is 4.43. The zero-order valence-corrected chi connectivity index (χ0v) is 16.9. The number of carbonyl (C=O) groups is 2. The number of benzene rings is 2. The number of hydrogen-bond acceptors (Lipinski definition) is 6. The van der Waals surface area contributed by atoms with Gasteiger partial charge in [0.2, 0.25) is 11.9 Å². The molecular weight excluding hydrogens is 398 g/mol. The van der Waals surface area contributed by atoms with Gasteiger partial charge in [0.1, 0.15) is 0 Å². The zero-order chi connectivity index (χ0) is 22.4. The van der Waals surface area contributed by atoms with Gasteiger partial charge in [-0.2, -0.15) is 4.99 Å². The number of nitrogens with zero attached hydrogens (tertiary/aromatic N) is 2. The van der Waals surface area contributed by atoms with E-state index in [1.807, 2.05) is 25.1 Å². The van der Waals surface area contributed by atoms with Crippen LogP contribution in [0, 0.1) is 6.92 Å². The van der Waals surface area contributed by atoms with Gasteiger partial charge in [0.25, 0.3) is 11.5 Å². The fourth-order valence-electron chi connectivity index (χ4n) is 2.66. The molecule has 3 rings (SSSR count). The van der Waals surface area contributed by atoms with Crippen LogP contribution in [0.4, 0.5) is 11.6 Å². The number of carboxylic acid groups (broad SMARTS) is 1. The summed E-state index contributed by atoms with van der Waals surface area (Å²) in [5.74, 6) is -3.07. The third kappa shape index (κ3) is 5.63. The Morgan fingerprint density at radius 2 is 1.77 bits per heavy atom. The lowest BCUT2D eigenvalue weighted by Crippen LogP contribution is -2.36. The first-order valence-corrected chi connectivity index (χ1v) is 9.43. The molecule has 3 aromatic rings.